The highest BCUT2D eigenvalue weighted by Crippen LogP contribution is 2.29. The standard InChI is InChI=1S/C22H33N3O3/c1-17-8-6-14-25(16-17)15-7-13-23-21(26)22(27)24-19-11-4-5-12-20(19)28-18-9-2-3-10-18/h4-5,11-12,17-18H,2-3,6-10,13-16H2,1H3,(H,23,26)(H,24,27). The van der Waals surface area contributed by atoms with Crippen molar-refractivity contribution in [1.29, 1.82) is 0 Å². The van der Waals surface area contributed by atoms with Gasteiger partial charge in [-0.3, -0.25) is 9.59 Å². The summed E-state index contributed by atoms with van der Waals surface area (Å²) in [5, 5.41) is 5.42. The van der Waals surface area contributed by atoms with Gasteiger partial charge in [0.15, 0.2) is 0 Å². The van der Waals surface area contributed by atoms with Crippen LogP contribution in [0, 0.1) is 5.92 Å². The van der Waals surface area contributed by atoms with Crippen LogP contribution in [0.3, 0.4) is 0 Å². The number of nitrogens with zero attached hydrogens (tertiary/aromatic N) is 1. The Balaban J connectivity index is 1.41. The number of para-hydroxylation sites is 2. The summed E-state index contributed by atoms with van der Waals surface area (Å²) in [4.78, 5) is 26.8. The summed E-state index contributed by atoms with van der Waals surface area (Å²) in [6.45, 7) is 6.02. The maximum atomic E-state index is 12.3. The highest BCUT2D eigenvalue weighted by Gasteiger charge is 2.20. The molecule has 2 N–H and O–H groups in total. The predicted molar refractivity (Wildman–Crippen MR) is 110 cm³/mol. The number of carbonyl (C=O) groups is 2. The molecule has 1 aliphatic carbocycles. The highest BCUT2D eigenvalue weighted by molar-refractivity contribution is 6.39. The molecule has 0 radical (unpaired) electrons. The van der Waals surface area contributed by atoms with Gasteiger partial charge >= 0.3 is 11.8 Å². The summed E-state index contributed by atoms with van der Waals surface area (Å²) in [6, 6.07) is 7.31. The van der Waals surface area contributed by atoms with Crippen LogP contribution in [0.4, 0.5) is 5.69 Å². The number of anilines is 1. The summed E-state index contributed by atoms with van der Waals surface area (Å²) >= 11 is 0. The zero-order valence-electron chi connectivity index (χ0n) is 16.9. The number of hydrogen-bond donors (Lipinski definition) is 2. The minimum atomic E-state index is -0.644. The van der Waals surface area contributed by atoms with Crippen LogP contribution in [0.1, 0.15) is 51.9 Å². The maximum Gasteiger partial charge on any atom is 0.313 e. The molecule has 0 spiro atoms. The summed E-state index contributed by atoms with van der Waals surface area (Å²) in [5.74, 6) is 0.146. The molecular formula is C22H33N3O3. The van der Waals surface area contributed by atoms with E-state index in [0.29, 0.717) is 18.0 Å². The van der Waals surface area contributed by atoms with Crippen molar-refractivity contribution < 1.29 is 14.3 Å². The van der Waals surface area contributed by atoms with Gasteiger partial charge in [0.05, 0.1) is 11.8 Å². The van der Waals surface area contributed by atoms with Crippen molar-refractivity contribution in [2.24, 2.45) is 5.92 Å². The van der Waals surface area contributed by atoms with Gasteiger partial charge in [-0.05, 0) is 76.1 Å². The number of rotatable bonds is 7. The average Bonchev–Trinajstić information content (AvgIpc) is 3.20. The highest BCUT2D eigenvalue weighted by atomic mass is 16.5. The first-order valence-electron chi connectivity index (χ1n) is 10.7. The van der Waals surface area contributed by atoms with Crippen LogP contribution < -0.4 is 15.4 Å². The van der Waals surface area contributed by atoms with Crippen LogP contribution in [0.25, 0.3) is 0 Å². The lowest BCUT2D eigenvalue weighted by molar-refractivity contribution is -0.136. The fourth-order valence-corrected chi connectivity index (χ4v) is 4.11. The summed E-state index contributed by atoms with van der Waals surface area (Å²) in [5.41, 5.74) is 0.553. The van der Waals surface area contributed by atoms with Crippen LogP contribution in [0.5, 0.6) is 5.75 Å². The van der Waals surface area contributed by atoms with Crippen molar-refractivity contribution >= 4 is 17.5 Å². The molecule has 1 aliphatic heterocycles. The van der Waals surface area contributed by atoms with Crippen LogP contribution in [-0.4, -0.2) is 49.0 Å². The monoisotopic (exact) mass is 387 g/mol. The van der Waals surface area contributed by atoms with Gasteiger partial charge in [-0.15, -0.1) is 0 Å². The number of likely N-dealkylation sites (tertiary alicyclic amines) is 1. The number of nitrogens with one attached hydrogen (secondary N) is 2. The number of amides is 2. The molecule has 1 aromatic rings. The van der Waals surface area contributed by atoms with Gasteiger partial charge in [0.1, 0.15) is 5.75 Å². The second kappa shape index (κ2) is 10.5. The van der Waals surface area contributed by atoms with Crippen LogP contribution >= 0.6 is 0 Å². The van der Waals surface area contributed by atoms with Crippen molar-refractivity contribution in [2.45, 2.75) is 58.0 Å². The van der Waals surface area contributed by atoms with E-state index in [1.54, 1.807) is 6.07 Å². The Kier molecular flexibility index (Phi) is 7.71. The van der Waals surface area contributed by atoms with Gasteiger partial charge in [-0.1, -0.05) is 19.1 Å². The molecule has 1 unspecified atom stereocenters. The first-order valence-corrected chi connectivity index (χ1v) is 10.7. The van der Waals surface area contributed by atoms with Gasteiger partial charge in [0.2, 0.25) is 0 Å². The van der Waals surface area contributed by atoms with E-state index in [0.717, 1.165) is 44.8 Å². The third-order valence-electron chi connectivity index (χ3n) is 5.62. The fourth-order valence-electron chi connectivity index (χ4n) is 4.11. The van der Waals surface area contributed by atoms with Crippen molar-refractivity contribution in [3.63, 3.8) is 0 Å². The van der Waals surface area contributed by atoms with Crippen molar-refractivity contribution in [2.75, 3.05) is 31.5 Å². The first-order chi connectivity index (χ1) is 13.6. The zero-order valence-corrected chi connectivity index (χ0v) is 16.9. The summed E-state index contributed by atoms with van der Waals surface area (Å²) < 4.78 is 6.01. The number of piperidine rings is 1. The van der Waals surface area contributed by atoms with Gasteiger partial charge < -0.3 is 20.3 Å². The summed E-state index contributed by atoms with van der Waals surface area (Å²) in [6.07, 6.45) is 8.04. The molecular weight excluding hydrogens is 354 g/mol. The van der Waals surface area contributed by atoms with E-state index < -0.39 is 11.8 Å². The van der Waals surface area contributed by atoms with Gasteiger partial charge in [-0.25, -0.2) is 0 Å². The zero-order chi connectivity index (χ0) is 19.8. The average molecular weight is 388 g/mol. The fraction of sp³-hybridized carbons (Fsp3) is 0.636. The summed E-state index contributed by atoms with van der Waals surface area (Å²) in [7, 11) is 0. The topological polar surface area (TPSA) is 70.7 Å². The van der Waals surface area contributed by atoms with E-state index in [4.69, 9.17) is 4.74 Å². The molecule has 2 fully saturated rings. The Morgan fingerprint density at radius 3 is 2.68 bits per heavy atom. The Hall–Kier alpha value is -2.08. The van der Waals surface area contributed by atoms with E-state index in [1.165, 1.54) is 25.7 Å². The third kappa shape index (κ3) is 6.23. The largest absolute Gasteiger partial charge is 0.488 e. The SMILES string of the molecule is CC1CCCN(CCCNC(=O)C(=O)Nc2ccccc2OC2CCCC2)C1. The number of hydrogen-bond acceptors (Lipinski definition) is 4. The lowest BCUT2D eigenvalue weighted by Gasteiger charge is -2.30. The molecule has 1 aromatic carbocycles. The Labute approximate surface area is 168 Å². The van der Waals surface area contributed by atoms with Crippen molar-refractivity contribution in [3.8, 4) is 5.75 Å². The molecule has 2 aliphatic rings. The second-order valence-electron chi connectivity index (χ2n) is 8.13. The normalized spacial score (nSPS) is 20.7. The maximum absolute atomic E-state index is 12.3. The molecule has 1 atom stereocenters. The molecule has 154 valence electrons. The second-order valence-corrected chi connectivity index (χ2v) is 8.13. The van der Waals surface area contributed by atoms with Gasteiger partial charge in [0, 0.05) is 13.1 Å². The van der Waals surface area contributed by atoms with Crippen LogP contribution in [-0.2, 0) is 9.59 Å². The Bertz CT molecular complexity index is 658. The molecule has 0 aromatic heterocycles. The first kappa shape index (κ1) is 20.6. The molecule has 28 heavy (non-hydrogen) atoms. The van der Waals surface area contributed by atoms with E-state index in [9.17, 15) is 9.59 Å². The third-order valence-corrected chi connectivity index (χ3v) is 5.62. The molecule has 1 saturated heterocycles. The molecule has 0 bridgehead atoms. The van der Waals surface area contributed by atoms with Crippen molar-refractivity contribution in [1.82, 2.24) is 10.2 Å². The molecule has 3 rings (SSSR count). The number of carbonyl (C=O) groups excluding carboxylic acids is 2. The van der Waals surface area contributed by atoms with E-state index in [2.05, 4.69) is 22.5 Å². The van der Waals surface area contributed by atoms with Gasteiger partial charge in [-0.2, -0.15) is 0 Å². The van der Waals surface area contributed by atoms with E-state index >= 15 is 0 Å². The minimum absolute atomic E-state index is 0.199. The quantitative estimate of drug-likeness (QED) is 0.557. The molecule has 6 heteroatoms. The lowest BCUT2D eigenvalue weighted by atomic mass is 10.0. The van der Waals surface area contributed by atoms with Crippen molar-refractivity contribution in [3.05, 3.63) is 24.3 Å². The lowest BCUT2D eigenvalue weighted by Crippen LogP contribution is -2.39. The molecule has 1 heterocycles. The molecule has 1 saturated carbocycles. The smallest absolute Gasteiger partial charge is 0.313 e. The Morgan fingerprint density at radius 1 is 1.11 bits per heavy atom. The Morgan fingerprint density at radius 2 is 1.89 bits per heavy atom. The van der Waals surface area contributed by atoms with Crippen LogP contribution in [0.2, 0.25) is 0 Å². The van der Waals surface area contributed by atoms with E-state index in [1.807, 2.05) is 18.2 Å². The number of benzene rings is 1. The van der Waals surface area contributed by atoms with E-state index in [-0.39, 0.29) is 6.10 Å². The minimum Gasteiger partial charge on any atom is -0.488 e. The number of ether oxygens (including phenoxy) is 1. The van der Waals surface area contributed by atoms with Crippen LogP contribution in [0.15, 0.2) is 24.3 Å². The molecule has 2 amide bonds. The predicted octanol–water partition coefficient (Wildman–Crippen LogP) is 3.18. The van der Waals surface area contributed by atoms with Gasteiger partial charge in [0.25, 0.3) is 0 Å². The molecule has 6 nitrogen and oxygen atoms in total.